The first-order valence-electron chi connectivity index (χ1n) is 8.53. The number of hydrogen-bond donors (Lipinski definition) is 3. The highest BCUT2D eigenvalue weighted by atomic mass is 19.1. The van der Waals surface area contributed by atoms with E-state index in [9.17, 15) is 28.3 Å². The third kappa shape index (κ3) is 6.46. The fourth-order valence-electron chi connectivity index (χ4n) is 2.68. The molecule has 0 spiro atoms. The van der Waals surface area contributed by atoms with Crippen molar-refractivity contribution in [1.29, 1.82) is 0 Å². The van der Waals surface area contributed by atoms with E-state index in [-0.39, 0.29) is 12.8 Å². The number of halogens is 2. The maximum Gasteiger partial charge on any atom is 0.326 e. The molecule has 2 aromatic carbocycles. The van der Waals surface area contributed by atoms with Crippen molar-refractivity contribution in [2.24, 2.45) is 0 Å². The summed E-state index contributed by atoms with van der Waals surface area (Å²) in [5.41, 5.74) is 0.995. The maximum absolute atomic E-state index is 13.3. The Kier molecular flexibility index (Phi) is 7.20. The zero-order chi connectivity index (χ0) is 20.7. The molecular weight excluding hydrogens is 370 g/mol. The topological polar surface area (TPSA) is 95.5 Å². The molecule has 0 aliphatic carbocycles. The Hall–Kier alpha value is -3.29. The number of carboxylic acid groups (broad SMARTS) is 1. The van der Waals surface area contributed by atoms with Gasteiger partial charge in [-0.05, 0) is 35.4 Å². The second-order valence-corrected chi connectivity index (χ2v) is 6.32. The van der Waals surface area contributed by atoms with Gasteiger partial charge in [-0.2, -0.15) is 0 Å². The van der Waals surface area contributed by atoms with Crippen molar-refractivity contribution in [2.75, 3.05) is 0 Å². The van der Waals surface area contributed by atoms with Gasteiger partial charge in [0.1, 0.15) is 23.7 Å². The van der Waals surface area contributed by atoms with Crippen LogP contribution >= 0.6 is 0 Å². The zero-order valence-electron chi connectivity index (χ0n) is 15.1. The Balaban J connectivity index is 2.12. The van der Waals surface area contributed by atoms with Crippen molar-refractivity contribution < 1.29 is 28.3 Å². The lowest BCUT2D eigenvalue weighted by Crippen LogP contribution is -2.52. The van der Waals surface area contributed by atoms with Crippen LogP contribution in [0.1, 0.15) is 18.1 Å². The van der Waals surface area contributed by atoms with Gasteiger partial charge in [0.2, 0.25) is 11.8 Å². The Labute approximate surface area is 160 Å². The second-order valence-electron chi connectivity index (χ2n) is 6.32. The highest BCUT2D eigenvalue weighted by Gasteiger charge is 2.26. The first-order valence-corrected chi connectivity index (χ1v) is 8.53. The van der Waals surface area contributed by atoms with Crippen LogP contribution in [0.5, 0.6) is 0 Å². The van der Waals surface area contributed by atoms with Crippen LogP contribution in [0.25, 0.3) is 0 Å². The van der Waals surface area contributed by atoms with Gasteiger partial charge >= 0.3 is 5.97 Å². The summed E-state index contributed by atoms with van der Waals surface area (Å²) in [6.45, 7) is 1.23. The summed E-state index contributed by atoms with van der Waals surface area (Å²) in [4.78, 5) is 35.6. The minimum Gasteiger partial charge on any atom is -0.480 e. The van der Waals surface area contributed by atoms with Crippen molar-refractivity contribution in [3.8, 4) is 0 Å². The number of hydrogen-bond acceptors (Lipinski definition) is 3. The molecule has 0 bridgehead atoms. The van der Waals surface area contributed by atoms with Gasteiger partial charge in [-0.1, -0.05) is 24.3 Å². The Morgan fingerprint density at radius 3 is 2.11 bits per heavy atom. The van der Waals surface area contributed by atoms with Gasteiger partial charge in [0.15, 0.2) is 0 Å². The molecule has 0 heterocycles. The highest BCUT2D eigenvalue weighted by Crippen LogP contribution is 2.09. The molecule has 3 N–H and O–H groups in total. The molecule has 0 fully saturated rings. The molecule has 0 aliphatic rings. The van der Waals surface area contributed by atoms with Crippen molar-refractivity contribution in [3.05, 3.63) is 71.3 Å². The molecule has 2 rings (SSSR count). The molecule has 8 heteroatoms. The molecule has 0 aliphatic heterocycles. The average Bonchev–Trinajstić information content (AvgIpc) is 2.62. The van der Waals surface area contributed by atoms with Crippen LogP contribution in [0.4, 0.5) is 8.78 Å². The monoisotopic (exact) mass is 390 g/mol. The number of carboxylic acids is 1. The molecule has 0 aromatic heterocycles. The van der Waals surface area contributed by atoms with E-state index in [1.165, 1.54) is 49.4 Å². The summed E-state index contributed by atoms with van der Waals surface area (Å²) in [6.07, 6.45) is -0.0693. The molecule has 0 unspecified atom stereocenters. The summed E-state index contributed by atoms with van der Waals surface area (Å²) in [7, 11) is 0. The van der Waals surface area contributed by atoms with Gasteiger partial charge < -0.3 is 15.7 Å². The van der Waals surface area contributed by atoms with Crippen LogP contribution in [-0.2, 0) is 27.2 Å². The SMILES string of the molecule is CC(=O)N[C@@H](Cc1ccc(F)cc1)C(=O)N[C@H](Cc1cccc(F)c1)C(=O)O. The Morgan fingerprint density at radius 1 is 0.893 bits per heavy atom. The maximum atomic E-state index is 13.3. The number of carbonyl (C=O) groups excluding carboxylic acids is 2. The molecule has 0 radical (unpaired) electrons. The third-order valence-corrected chi connectivity index (χ3v) is 3.99. The lowest BCUT2D eigenvalue weighted by atomic mass is 10.0. The van der Waals surface area contributed by atoms with Crippen LogP contribution in [0.2, 0.25) is 0 Å². The van der Waals surface area contributed by atoms with Crippen molar-refractivity contribution >= 4 is 17.8 Å². The van der Waals surface area contributed by atoms with Crippen molar-refractivity contribution in [3.63, 3.8) is 0 Å². The summed E-state index contributed by atoms with van der Waals surface area (Å²) in [5, 5.41) is 14.2. The fourth-order valence-corrected chi connectivity index (χ4v) is 2.68. The van der Waals surface area contributed by atoms with E-state index in [2.05, 4.69) is 10.6 Å². The smallest absolute Gasteiger partial charge is 0.326 e. The minimum absolute atomic E-state index is 0.0536. The number of benzene rings is 2. The summed E-state index contributed by atoms with van der Waals surface area (Å²) in [6, 6.07) is 8.45. The van der Waals surface area contributed by atoms with Crippen molar-refractivity contribution in [1.82, 2.24) is 10.6 Å². The predicted octanol–water partition coefficient (Wildman–Crippen LogP) is 1.82. The van der Waals surface area contributed by atoms with E-state index in [4.69, 9.17) is 0 Å². The van der Waals surface area contributed by atoms with Gasteiger partial charge in [0.05, 0.1) is 0 Å². The van der Waals surface area contributed by atoms with Gasteiger partial charge in [-0.3, -0.25) is 9.59 Å². The van der Waals surface area contributed by atoms with Crippen LogP contribution in [-0.4, -0.2) is 35.0 Å². The molecule has 0 saturated heterocycles. The summed E-state index contributed by atoms with van der Waals surface area (Å²) >= 11 is 0. The van der Waals surface area contributed by atoms with E-state index < -0.39 is 41.5 Å². The van der Waals surface area contributed by atoms with Gasteiger partial charge in [-0.25, -0.2) is 13.6 Å². The van der Waals surface area contributed by atoms with Crippen molar-refractivity contribution in [2.45, 2.75) is 31.8 Å². The third-order valence-electron chi connectivity index (χ3n) is 3.99. The predicted molar refractivity (Wildman–Crippen MR) is 97.4 cm³/mol. The number of aliphatic carboxylic acids is 1. The first kappa shape index (κ1) is 21.0. The zero-order valence-corrected chi connectivity index (χ0v) is 15.1. The van der Waals surface area contributed by atoms with Crippen LogP contribution in [0.15, 0.2) is 48.5 Å². The normalized spacial score (nSPS) is 12.7. The second kappa shape index (κ2) is 9.59. The fraction of sp³-hybridized carbons (Fsp3) is 0.250. The van der Waals surface area contributed by atoms with E-state index in [0.717, 1.165) is 0 Å². The molecule has 2 amide bonds. The Morgan fingerprint density at radius 2 is 1.54 bits per heavy atom. The van der Waals surface area contributed by atoms with Crippen LogP contribution < -0.4 is 10.6 Å². The standard InChI is InChI=1S/C20H20F2N2O4/c1-12(25)23-17(10-13-5-7-15(21)8-6-13)19(26)24-18(20(27)28)11-14-3-2-4-16(22)9-14/h2-9,17-18H,10-11H2,1H3,(H,23,25)(H,24,26)(H,27,28)/t17-,18+/m0/s1. The first-order chi connectivity index (χ1) is 13.2. The van der Waals surface area contributed by atoms with E-state index in [1.54, 1.807) is 6.07 Å². The molecular formula is C20H20F2N2O4. The molecule has 2 atom stereocenters. The number of carbonyl (C=O) groups is 3. The van der Waals surface area contributed by atoms with Gasteiger partial charge in [0.25, 0.3) is 0 Å². The Bertz CT molecular complexity index is 856. The van der Waals surface area contributed by atoms with Gasteiger partial charge in [0, 0.05) is 19.8 Å². The molecule has 0 saturated carbocycles. The molecule has 148 valence electrons. The van der Waals surface area contributed by atoms with E-state index in [0.29, 0.717) is 11.1 Å². The molecule has 6 nitrogen and oxygen atoms in total. The summed E-state index contributed by atoms with van der Waals surface area (Å²) < 4.78 is 26.4. The highest BCUT2D eigenvalue weighted by molar-refractivity contribution is 5.90. The number of rotatable bonds is 8. The quantitative estimate of drug-likeness (QED) is 0.641. The lowest BCUT2D eigenvalue weighted by molar-refractivity contribution is -0.142. The largest absolute Gasteiger partial charge is 0.480 e. The number of amides is 2. The van der Waals surface area contributed by atoms with E-state index in [1.807, 2.05) is 0 Å². The molecule has 2 aromatic rings. The molecule has 28 heavy (non-hydrogen) atoms. The lowest BCUT2D eigenvalue weighted by Gasteiger charge is -2.21. The summed E-state index contributed by atoms with van der Waals surface area (Å²) in [5.74, 6) is -3.42. The number of nitrogens with one attached hydrogen (secondary N) is 2. The van der Waals surface area contributed by atoms with Crippen LogP contribution in [0, 0.1) is 11.6 Å². The van der Waals surface area contributed by atoms with Gasteiger partial charge in [-0.15, -0.1) is 0 Å². The van der Waals surface area contributed by atoms with Crippen LogP contribution in [0.3, 0.4) is 0 Å². The average molecular weight is 390 g/mol. The minimum atomic E-state index is -1.31. The van der Waals surface area contributed by atoms with E-state index >= 15 is 0 Å².